The predicted molar refractivity (Wildman–Crippen MR) is 76.2 cm³/mol. The van der Waals surface area contributed by atoms with Gasteiger partial charge in [-0.2, -0.15) is 11.8 Å². The van der Waals surface area contributed by atoms with E-state index in [-0.39, 0.29) is 0 Å². The summed E-state index contributed by atoms with van der Waals surface area (Å²) in [6.45, 7) is 7.23. The fourth-order valence-corrected chi connectivity index (χ4v) is 3.79. The van der Waals surface area contributed by atoms with Crippen LogP contribution in [0.25, 0.3) is 0 Å². The molecule has 2 unspecified atom stereocenters. The van der Waals surface area contributed by atoms with Gasteiger partial charge >= 0.3 is 0 Å². The summed E-state index contributed by atoms with van der Waals surface area (Å²) in [5.74, 6) is 1.37. The maximum Gasteiger partial charge on any atom is 0.0201 e. The van der Waals surface area contributed by atoms with Gasteiger partial charge in [0.05, 0.1) is 0 Å². The summed E-state index contributed by atoms with van der Waals surface area (Å²) in [7, 11) is 0. The molecule has 2 heteroatoms. The second-order valence-electron chi connectivity index (χ2n) is 4.69. The Kier molecular flexibility index (Phi) is 8.04. The average Bonchev–Trinajstić information content (AvgIpc) is 2.35. The number of rotatable bonds is 8. The molecule has 1 nitrogen and oxygen atoms in total. The lowest BCUT2D eigenvalue weighted by Crippen LogP contribution is -2.39. The number of nitrogens with one attached hydrogen (secondary N) is 1. The topological polar surface area (TPSA) is 12.0 Å². The number of hydrogen-bond donors (Lipinski definition) is 1. The number of thioether (sulfide) groups is 1. The fraction of sp³-hybridized carbons (Fsp3) is 0.857. The molecule has 0 aromatic rings. The van der Waals surface area contributed by atoms with Crippen molar-refractivity contribution in [1.29, 1.82) is 0 Å². The third kappa shape index (κ3) is 5.40. The van der Waals surface area contributed by atoms with E-state index < -0.39 is 0 Å². The van der Waals surface area contributed by atoms with Gasteiger partial charge in [-0.15, -0.1) is 6.58 Å². The molecule has 0 radical (unpaired) electrons. The highest BCUT2D eigenvalue weighted by Crippen LogP contribution is 2.29. The van der Waals surface area contributed by atoms with Gasteiger partial charge in [0.2, 0.25) is 0 Å². The highest BCUT2D eigenvalue weighted by atomic mass is 32.2. The molecule has 1 rings (SSSR count). The van der Waals surface area contributed by atoms with Crippen molar-refractivity contribution < 1.29 is 0 Å². The Labute approximate surface area is 105 Å². The van der Waals surface area contributed by atoms with Gasteiger partial charge in [-0.25, -0.2) is 0 Å². The quantitative estimate of drug-likeness (QED) is 0.509. The van der Waals surface area contributed by atoms with E-state index in [0.717, 1.165) is 11.3 Å². The molecule has 0 aromatic heterocycles. The fourth-order valence-electron chi connectivity index (χ4n) is 2.31. The Hall–Kier alpha value is 0.0500. The molecule has 1 heterocycles. The Bertz CT molecular complexity index is 176. The van der Waals surface area contributed by atoms with Crippen LogP contribution < -0.4 is 5.32 Å². The van der Waals surface area contributed by atoms with Crippen molar-refractivity contribution in [3.63, 3.8) is 0 Å². The van der Waals surface area contributed by atoms with Gasteiger partial charge in [-0.1, -0.05) is 19.4 Å². The first kappa shape index (κ1) is 14.1. The molecular weight excluding hydrogens is 214 g/mol. The Morgan fingerprint density at radius 1 is 1.50 bits per heavy atom. The van der Waals surface area contributed by atoms with E-state index in [1.165, 1.54) is 57.2 Å². The van der Waals surface area contributed by atoms with Gasteiger partial charge < -0.3 is 5.32 Å². The summed E-state index contributed by atoms with van der Waals surface area (Å²) < 4.78 is 0. The molecule has 2 atom stereocenters. The molecule has 0 amide bonds. The second kappa shape index (κ2) is 9.12. The summed E-state index contributed by atoms with van der Waals surface area (Å²) in [4.78, 5) is 0. The van der Waals surface area contributed by atoms with Crippen LogP contribution in [0.2, 0.25) is 0 Å². The van der Waals surface area contributed by atoms with Crippen molar-refractivity contribution in [2.75, 3.05) is 12.3 Å². The van der Waals surface area contributed by atoms with Gasteiger partial charge in [0.1, 0.15) is 0 Å². The first-order chi connectivity index (χ1) is 7.88. The van der Waals surface area contributed by atoms with Gasteiger partial charge in [-0.3, -0.25) is 0 Å². The maximum atomic E-state index is 3.81. The van der Waals surface area contributed by atoms with E-state index in [1.807, 2.05) is 6.08 Å². The van der Waals surface area contributed by atoms with E-state index in [0.29, 0.717) is 0 Å². The minimum Gasteiger partial charge on any atom is -0.313 e. The molecule has 0 aliphatic carbocycles. The van der Waals surface area contributed by atoms with Crippen LogP contribution >= 0.6 is 11.8 Å². The largest absolute Gasteiger partial charge is 0.313 e. The van der Waals surface area contributed by atoms with E-state index in [2.05, 4.69) is 30.6 Å². The first-order valence-corrected chi connectivity index (χ1v) is 7.89. The zero-order valence-electron chi connectivity index (χ0n) is 10.7. The summed E-state index contributed by atoms with van der Waals surface area (Å²) in [6, 6.07) is 0.741. The van der Waals surface area contributed by atoms with Gasteiger partial charge in [0.15, 0.2) is 0 Å². The Morgan fingerprint density at radius 3 is 3.00 bits per heavy atom. The SMILES string of the molecule is C=CCCCC(NCCC)C1CCCCS1. The van der Waals surface area contributed by atoms with E-state index in [4.69, 9.17) is 0 Å². The molecule has 0 spiro atoms. The third-order valence-electron chi connectivity index (χ3n) is 3.24. The normalized spacial score (nSPS) is 22.9. The van der Waals surface area contributed by atoms with Crippen LogP contribution in [0.1, 0.15) is 51.9 Å². The lowest BCUT2D eigenvalue weighted by molar-refractivity contribution is 0.431. The van der Waals surface area contributed by atoms with Gasteiger partial charge in [-0.05, 0) is 50.8 Å². The van der Waals surface area contributed by atoms with Crippen molar-refractivity contribution in [3.8, 4) is 0 Å². The predicted octanol–water partition coefficient (Wildman–Crippen LogP) is 4.00. The molecule has 1 fully saturated rings. The van der Waals surface area contributed by atoms with Crippen molar-refractivity contribution in [1.82, 2.24) is 5.32 Å². The van der Waals surface area contributed by atoms with Crippen molar-refractivity contribution in [2.45, 2.75) is 63.2 Å². The number of unbranched alkanes of at least 4 members (excludes halogenated alkanes) is 1. The molecule has 0 aromatic carbocycles. The molecule has 1 aliphatic heterocycles. The van der Waals surface area contributed by atoms with E-state index in [9.17, 15) is 0 Å². The van der Waals surface area contributed by atoms with Gasteiger partial charge in [0.25, 0.3) is 0 Å². The second-order valence-corrected chi connectivity index (χ2v) is 6.03. The molecule has 16 heavy (non-hydrogen) atoms. The van der Waals surface area contributed by atoms with E-state index in [1.54, 1.807) is 0 Å². The summed E-state index contributed by atoms with van der Waals surface area (Å²) in [5, 5.41) is 4.61. The number of allylic oxidation sites excluding steroid dienone is 1. The first-order valence-electron chi connectivity index (χ1n) is 6.84. The molecule has 94 valence electrons. The van der Waals surface area contributed by atoms with Crippen LogP contribution in [-0.4, -0.2) is 23.6 Å². The lowest BCUT2D eigenvalue weighted by atomic mass is 10.0. The lowest BCUT2D eigenvalue weighted by Gasteiger charge is -2.30. The van der Waals surface area contributed by atoms with Crippen molar-refractivity contribution in [3.05, 3.63) is 12.7 Å². The Balaban J connectivity index is 2.31. The van der Waals surface area contributed by atoms with Crippen molar-refractivity contribution in [2.24, 2.45) is 0 Å². The van der Waals surface area contributed by atoms with Crippen LogP contribution in [0.15, 0.2) is 12.7 Å². The summed E-state index contributed by atoms with van der Waals surface area (Å²) in [6.07, 6.45) is 11.4. The average molecular weight is 241 g/mol. The molecule has 0 saturated carbocycles. The van der Waals surface area contributed by atoms with Crippen LogP contribution in [0.3, 0.4) is 0 Å². The van der Waals surface area contributed by atoms with E-state index >= 15 is 0 Å². The highest BCUT2D eigenvalue weighted by molar-refractivity contribution is 8.00. The molecule has 1 saturated heterocycles. The summed E-state index contributed by atoms with van der Waals surface area (Å²) >= 11 is 2.19. The highest BCUT2D eigenvalue weighted by Gasteiger charge is 2.22. The molecule has 1 aliphatic rings. The minimum absolute atomic E-state index is 0.741. The smallest absolute Gasteiger partial charge is 0.0201 e. The van der Waals surface area contributed by atoms with Crippen LogP contribution in [0.4, 0.5) is 0 Å². The third-order valence-corrected chi connectivity index (χ3v) is 4.76. The standard InChI is InChI=1S/C14H27NS/c1-3-5-6-9-13(15-11-4-2)14-10-7-8-12-16-14/h3,13-15H,1,4-12H2,2H3. The molecule has 0 bridgehead atoms. The molecular formula is C14H27NS. The monoisotopic (exact) mass is 241 g/mol. The van der Waals surface area contributed by atoms with Crippen LogP contribution in [0, 0.1) is 0 Å². The zero-order valence-corrected chi connectivity index (χ0v) is 11.5. The number of hydrogen-bond acceptors (Lipinski definition) is 2. The summed E-state index contributed by atoms with van der Waals surface area (Å²) in [5.41, 5.74) is 0. The maximum absolute atomic E-state index is 3.81. The van der Waals surface area contributed by atoms with Crippen LogP contribution in [-0.2, 0) is 0 Å². The molecule has 1 N–H and O–H groups in total. The Morgan fingerprint density at radius 2 is 2.38 bits per heavy atom. The minimum atomic E-state index is 0.741. The van der Waals surface area contributed by atoms with Crippen LogP contribution in [0.5, 0.6) is 0 Å². The van der Waals surface area contributed by atoms with Crippen molar-refractivity contribution >= 4 is 11.8 Å². The zero-order chi connectivity index (χ0) is 11.6. The van der Waals surface area contributed by atoms with Gasteiger partial charge in [0, 0.05) is 11.3 Å².